The summed E-state index contributed by atoms with van der Waals surface area (Å²) in [7, 11) is 2.88. The zero-order valence-electron chi connectivity index (χ0n) is 17.2. The summed E-state index contributed by atoms with van der Waals surface area (Å²) in [6, 6.07) is 9.37. The Hall–Kier alpha value is -3.36. The van der Waals surface area contributed by atoms with E-state index in [-0.39, 0.29) is 34.2 Å². The number of hydrogen-bond acceptors (Lipinski definition) is 7. The van der Waals surface area contributed by atoms with Crippen LogP contribution in [0.1, 0.15) is 22.0 Å². The molecule has 0 bridgehead atoms. The molecule has 1 amide bonds. The Morgan fingerprint density at radius 3 is 2.59 bits per heavy atom. The summed E-state index contributed by atoms with van der Waals surface area (Å²) < 4.78 is 10.6. The smallest absolute Gasteiger partial charge is 0.295 e. The minimum Gasteiger partial charge on any atom is -0.507 e. The summed E-state index contributed by atoms with van der Waals surface area (Å²) in [6.07, 6.45) is 3.17. The predicted octanol–water partition coefficient (Wildman–Crippen LogP) is 4.44. The van der Waals surface area contributed by atoms with Crippen LogP contribution >= 0.6 is 22.9 Å². The molecular formula is C23H19ClN2O5S. The summed E-state index contributed by atoms with van der Waals surface area (Å²) in [6.45, 7) is 0.221. The number of hydrogen-bond donors (Lipinski definition) is 1. The minimum atomic E-state index is -0.823. The molecule has 9 heteroatoms. The monoisotopic (exact) mass is 470 g/mol. The van der Waals surface area contributed by atoms with Crippen LogP contribution in [0.2, 0.25) is 5.02 Å². The van der Waals surface area contributed by atoms with Crippen LogP contribution in [0, 0.1) is 0 Å². The van der Waals surface area contributed by atoms with Crippen molar-refractivity contribution in [1.29, 1.82) is 0 Å². The Morgan fingerprint density at radius 2 is 1.97 bits per heavy atom. The van der Waals surface area contributed by atoms with Gasteiger partial charge in [0.15, 0.2) is 0 Å². The van der Waals surface area contributed by atoms with Crippen LogP contribution in [0.15, 0.2) is 59.7 Å². The van der Waals surface area contributed by atoms with Crippen LogP contribution in [-0.2, 0) is 16.1 Å². The van der Waals surface area contributed by atoms with Crippen molar-refractivity contribution in [1.82, 2.24) is 9.88 Å². The Bertz CT molecular complexity index is 1190. The first kappa shape index (κ1) is 21.9. The molecule has 164 valence electrons. The van der Waals surface area contributed by atoms with Gasteiger partial charge in [0, 0.05) is 23.3 Å². The Kier molecular flexibility index (Phi) is 6.16. The van der Waals surface area contributed by atoms with E-state index in [9.17, 15) is 14.7 Å². The molecule has 1 fully saturated rings. The molecule has 1 aliphatic heterocycles. The fraction of sp³-hybridized carbons (Fsp3) is 0.174. The van der Waals surface area contributed by atoms with Crippen molar-refractivity contribution in [3.63, 3.8) is 0 Å². The predicted molar refractivity (Wildman–Crippen MR) is 121 cm³/mol. The second-order valence-electron chi connectivity index (χ2n) is 6.98. The molecule has 32 heavy (non-hydrogen) atoms. The molecule has 1 saturated heterocycles. The number of carbonyl (C=O) groups is 2. The van der Waals surface area contributed by atoms with Gasteiger partial charge >= 0.3 is 0 Å². The van der Waals surface area contributed by atoms with Crippen LogP contribution in [-0.4, -0.2) is 40.9 Å². The third kappa shape index (κ3) is 3.83. The highest BCUT2D eigenvalue weighted by molar-refractivity contribution is 7.09. The van der Waals surface area contributed by atoms with Gasteiger partial charge in [0.25, 0.3) is 11.7 Å². The molecule has 0 radical (unpaired) electrons. The number of likely N-dealkylation sites (tertiary alicyclic amines) is 1. The molecule has 3 heterocycles. The summed E-state index contributed by atoms with van der Waals surface area (Å²) in [5.74, 6) is -1.28. The van der Waals surface area contributed by atoms with Gasteiger partial charge < -0.3 is 19.5 Å². The van der Waals surface area contributed by atoms with Crippen LogP contribution < -0.4 is 9.47 Å². The Balaban J connectivity index is 1.91. The maximum Gasteiger partial charge on any atom is 0.295 e. The van der Waals surface area contributed by atoms with Gasteiger partial charge in [-0.3, -0.25) is 14.6 Å². The Morgan fingerprint density at radius 1 is 1.19 bits per heavy atom. The number of amides is 1. The maximum atomic E-state index is 13.1. The molecule has 1 N–H and O–H groups in total. The molecule has 0 spiro atoms. The number of ketones is 1. The van der Waals surface area contributed by atoms with Gasteiger partial charge in [-0.25, -0.2) is 0 Å². The summed E-state index contributed by atoms with van der Waals surface area (Å²) >= 11 is 7.74. The van der Waals surface area contributed by atoms with E-state index in [0.717, 1.165) is 4.88 Å². The quantitative estimate of drug-likeness (QED) is 0.325. The van der Waals surface area contributed by atoms with E-state index in [1.165, 1.54) is 42.6 Å². The largest absolute Gasteiger partial charge is 0.507 e. The van der Waals surface area contributed by atoms with E-state index in [1.807, 2.05) is 17.5 Å². The number of aliphatic hydroxyl groups excluding tert-OH is 1. The first-order chi connectivity index (χ1) is 15.5. The molecular weight excluding hydrogens is 452 g/mol. The topological polar surface area (TPSA) is 89.0 Å². The lowest BCUT2D eigenvalue weighted by Crippen LogP contribution is -2.28. The number of rotatable bonds is 6. The minimum absolute atomic E-state index is 0.0564. The van der Waals surface area contributed by atoms with Crippen molar-refractivity contribution >= 4 is 40.4 Å². The lowest BCUT2D eigenvalue weighted by Gasteiger charge is -2.24. The van der Waals surface area contributed by atoms with Crippen LogP contribution in [0.25, 0.3) is 5.76 Å². The lowest BCUT2D eigenvalue weighted by atomic mass is 9.96. The Labute approximate surface area is 193 Å². The van der Waals surface area contributed by atoms with Gasteiger partial charge in [-0.05, 0) is 29.1 Å². The first-order valence-electron chi connectivity index (χ1n) is 9.58. The molecule has 1 unspecified atom stereocenters. The summed E-state index contributed by atoms with van der Waals surface area (Å²) in [5.41, 5.74) is 0.726. The average Bonchev–Trinajstić information content (AvgIpc) is 3.41. The third-order valence-electron chi connectivity index (χ3n) is 5.18. The van der Waals surface area contributed by atoms with Gasteiger partial charge in [-0.2, -0.15) is 0 Å². The van der Waals surface area contributed by atoms with Crippen molar-refractivity contribution in [3.05, 3.63) is 80.8 Å². The highest BCUT2D eigenvalue weighted by Gasteiger charge is 2.46. The van der Waals surface area contributed by atoms with Gasteiger partial charge in [0.2, 0.25) is 0 Å². The fourth-order valence-corrected chi connectivity index (χ4v) is 4.63. The molecule has 1 aromatic carbocycles. The molecule has 3 aromatic rings. The van der Waals surface area contributed by atoms with E-state index in [1.54, 1.807) is 24.5 Å². The number of aromatic nitrogens is 1. The SMILES string of the molecule is COc1cc(OC)c(/C(O)=C2\C(=O)C(=O)N(Cc3cccs3)C2c2cccnc2)cc1Cl. The third-order valence-corrected chi connectivity index (χ3v) is 6.33. The lowest BCUT2D eigenvalue weighted by molar-refractivity contribution is -0.140. The molecule has 4 rings (SSSR count). The van der Waals surface area contributed by atoms with E-state index in [2.05, 4.69) is 4.98 Å². The standard InChI is InChI=1S/C23H19ClN2O5S/c1-30-17-10-18(31-2)16(24)9-15(17)21(27)19-20(13-5-3-7-25-11-13)26(23(29)22(19)28)12-14-6-4-8-32-14/h3-11,20,27H,12H2,1-2H3/b21-19+. The zero-order valence-corrected chi connectivity index (χ0v) is 18.8. The molecule has 1 aliphatic rings. The maximum absolute atomic E-state index is 13.1. The van der Waals surface area contributed by atoms with Crippen LogP contribution in [0.5, 0.6) is 11.5 Å². The number of thiophene rings is 1. The zero-order chi connectivity index (χ0) is 22.8. The fourth-order valence-electron chi connectivity index (χ4n) is 3.69. The van der Waals surface area contributed by atoms with Crippen LogP contribution in [0.4, 0.5) is 0 Å². The average molecular weight is 471 g/mol. The second kappa shape index (κ2) is 9.02. The highest BCUT2D eigenvalue weighted by Crippen LogP contribution is 2.43. The first-order valence-corrected chi connectivity index (χ1v) is 10.8. The van der Waals surface area contributed by atoms with Crippen molar-refractivity contribution in [3.8, 4) is 11.5 Å². The summed E-state index contributed by atoms with van der Waals surface area (Å²) in [4.78, 5) is 32.6. The number of aliphatic hydroxyl groups is 1. The van der Waals surface area contributed by atoms with Crippen molar-refractivity contribution in [2.24, 2.45) is 0 Å². The van der Waals surface area contributed by atoms with Crippen molar-refractivity contribution in [2.75, 3.05) is 14.2 Å². The number of carbonyl (C=O) groups excluding carboxylic acids is 2. The number of nitrogens with zero attached hydrogens (tertiary/aromatic N) is 2. The van der Waals surface area contributed by atoms with Crippen LogP contribution in [0.3, 0.4) is 0 Å². The highest BCUT2D eigenvalue weighted by atomic mass is 35.5. The van der Waals surface area contributed by atoms with E-state index < -0.39 is 17.7 Å². The number of Topliss-reactive ketones (excluding diaryl/α,β-unsaturated/α-hetero) is 1. The number of ether oxygens (including phenoxy) is 2. The van der Waals surface area contributed by atoms with E-state index in [0.29, 0.717) is 11.3 Å². The molecule has 1 atom stereocenters. The van der Waals surface area contributed by atoms with Gasteiger partial charge in [-0.15, -0.1) is 11.3 Å². The molecule has 0 aliphatic carbocycles. The van der Waals surface area contributed by atoms with Gasteiger partial charge in [-0.1, -0.05) is 23.7 Å². The molecule has 0 saturated carbocycles. The number of methoxy groups -OCH3 is 2. The number of pyridine rings is 1. The second-order valence-corrected chi connectivity index (χ2v) is 8.42. The van der Waals surface area contributed by atoms with Crippen molar-refractivity contribution in [2.45, 2.75) is 12.6 Å². The molecule has 2 aromatic heterocycles. The van der Waals surface area contributed by atoms with E-state index >= 15 is 0 Å². The van der Waals surface area contributed by atoms with Gasteiger partial charge in [0.05, 0.1) is 43.0 Å². The van der Waals surface area contributed by atoms with E-state index in [4.69, 9.17) is 21.1 Å². The number of benzene rings is 1. The van der Waals surface area contributed by atoms with Gasteiger partial charge in [0.1, 0.15) is 17.3 Å². The number of halogens is 1. The summed E-state index contributed by atoms with van der Waals surface area (Å²) in [5, 5.41) is 13.4. The van der Waals surface area contributed by atoms with Crippen molar-refractivity contribution < 1.29 is 24.2 Å². The molecule has 7 nitrogen and oxygen atoms in total. The normalized spacial score (nSPS) is 17.6.